The number of carbonyl (C=O) groups excluding carboxylic acids is 1. The number of aromatic nitrogens is 3. The van der Waals surface area contributed by atoms with Crippen LogP contribution in [0, 0.1) is 5.92 Å². The number of ether oxygens (including phenoxy) is 2. The highest BCUT2D eigenvalue weighted by Gasteiger charge is 2.35. The molecule has 158 valence electrons. The van der Waals surface area contributed by atoms with Gasteiger partial charge < -0.3 is 14.4 Å². The number of rotatable bonds is 4. The summed E-state index contributed by atoms with van der Waals surface area (Å²) >= 11 is 0. The first-order valence-electron chi connectivity index (χ1n) is 10.4. The van der Waals surface area contributed by atoms with Gasteiger partial charge in [0.05, 0.1) is 16.6 Å². The van der Waals surface area contributed by atoms with E-state index in [4.69, 9.17) is 9.47 Å². The van der Waals surface area contributed by atoms with Crippen LogP contribution in [0.3, 0.4) is 0 Å². The summed E-state index contributed by atoms with van der Waals surface area (Å²) < 4.78 is 12.0. The molecule has 0 aliphatic carbocycles. The Bertz CT molecular complexity index is 996. The van der Waals surface area contributed by atoms with Gasteiger partial charge in [-0.05, 0) is 57.9 Å². The lowest BCUT2D eigenvalue weighted by molar-refractivity contribution is 0.00505. The molecule has 0 spiro atoms. The number of H-pyrrole nitrogens is 1. The Labute approximate surface area is 176 Å². The number of nitrogens with one attached hydrogen (secondary N) is 1. The van der Waals surface area contributed by atoms with E-state index < -0.39 is 5.60 Å². The molecule has 4 rings (SSSR count). The van der Waals surface area contributed by atoms with Gasteiger partial charge >= 0.3 is 6.09 Å². The van der Waals surface area contributed by atoms with E-state index in [2.05, 4.69) is 15.2 Å². The molecule has 3 aromatic rings. The fourth-order valence-electron chi connectivity index (χ4n) is 3.84. The summed E-state index contributed by atoms with van der Waals surface area (Å²) in [6, 6.07) is 13.7. The van der Waals surface area contributed by atoms with Gasteiger partial charge in [-0.15, -0.1) is 5.10 Å². The van der Waals surface area contributed by atoms with Gasteiger partial charge in [-0.3, -0.25) is 10.1 Å². The fraction of sp³-hybridized carbons (Fsp3) is 0.435. The zero-order chi connectivity index (χ0) is 21.1. The summed E-state index contributed by atoms with van der Waals surface area (Å²) in [6.45, 7) is 6.89. The molecule has 1 saturated heterocycles. The number of carbonyl (C=O) groups is 1. The fourth-order valence-corrected chi connectivity index (χ4v) is 3.84. The van der Waals surface area contributed by atoms with Gasteiger partial charge in [-0.2, -0.15) is 0 Å². The minimum absolute atomic E-state index is 0.0802. The van der Waals surface area contributed by atoms with Crippen LogP contribution >= 0.6 is 0 Å². The van der Waals surface area contributed by atoms with Crippen molar-refractivity contribution in [2.75, 3.05) is 13.1 Å². The molecule has 0 bridgehead atoms. The molecule has 0 saturated carbocycles. The zero-order valence-electron chi connectivity index (χ0n) is 17.7. The molecule has 3 heterocycles. The third-order valence-corrected chi connectivity index (χ3v) is 5.19. The van der Waals surface area contributed by atoms with Gasteiger partial charge in [0.15, 0.2) is 0 Å². The summed E-state index contributed by atoms with van der Waals surface area (Å²) in [6.07, 6.45) is 2.99. The first kappa shape index (κ1) is 20.2. The number of pyridine rings is 1. The second kappa shape index (κ2) is 8.34. The lowest BCUT2D eigenvalue weighted by Gasteiger charge is -2.37. The van der Waals surface area contributed by atoms with Crippen molar-refractivity contribution in [1.82, 2.24) is 20.1 Å². The maximum absolute atomic E-state index is 12.6. The van der Waals surface area contributed by atoms with Crippen molar-refractivity contribution in [3.63, 3.8) is 0 Å². The minimum Gasteiger partial charge on any atom is -0.466 e. The third kappa shape index (κ3) is 4.56. The van der Waals surface area contributed by atoms with E-state index in [1.54, 1.807) is 11.1 Å². The molecule has 1 unspecified atom stereocenters. The van der Waals surface area contributed by atoms with Crippen LogP contribution in [0.4, 0.5) is 4.79 Å². The van der Waals surface area contributed by atoms with E-state index in [1.807, 2.05) is 63.2 Å². The van der Waals surface area contributed by atoms with E-state index in [9.17, 15) is 4.79 Å². The van der Waals surface area contributed by atoms with Gasteiger partial charge in [0.1, 0.15) is 11.7 Å². The second-order valence-electron chi connectivity index (χ2n) is 8.70. The van der Waals surface area contributed by atoms with Crippen LogP contribution in [0.1, 0.15) is 45.4 Å². The Morgan fingerprint density at radius 3 is 2.77 bits per heavy atom. The summed E-state index contributed by atoms with van der Waals surface area (Å²) in [5.41, 5.74) is 1.24. The Morgan fingerprint density at radius 1 is 1.20 bits per heavy atom. The second-order valence-corrected chi connectivity index (χ2v) is 8.70. The van der Waals surface area contributed by atoms with E-state index in [0.717, 1.165) is 29.4 Å². The van der Waals surface area contributed by atoms with Crippen molar-refractivity contribution in [1.29, 1.82) is 0 Å². The smallest absolute Gasteiger partial charge is 0.410 e. The Kier molecular flexibility index (Phi) is 5.61. The number of aromatic amines is 1. The Hall–Kier alpha value is -3.09. The molecule has 30 heavy (non-hydrogen) atoms. The number of para-hydroxylation sites is 1. The number of fused-ring (bicyclic) bond motifs is 1. The molecular weight excluding hydrogens is 380 g/mol. The van der Waals surface area contributed by atoms with Gasteiger partial charge in [0.25, 0.3) is 0 Å². The lowest BCUT2D eigenvalue weighted by Crippen LogP contribution is -2.44. The van der Waals surface area contributed by atoms with E-state index >= 15 is 0 Å². The van der Waals surface area contributed by atoms with Crippen LogP contribution < -0.4 is 4.74 Å². The highest BCUT2D eigenvalue weighted by molar-refractivity contribution is 5.83. The molecule has 1 N–H and O–H groups in total. The first-order chi connectivity index (χ1) is 14.4. The van der Waals surface area contributed by atoms with Gasteiger partial charge in [-0.1, -0.05) is 18.2 Å². The van der Waals surface area contributed by atoms with Gasteiger partial charge in [-0.25, -0.2) is 4.79 Å². The van der Waals surface area contributed by atoms with Crippen LogP contribution in [-0.2, 0) is 4.74 Å². The largest absolute Gasteiger partial charge is 0.466 e. The highest BCUT2D eigenvalue weighted by Crippen LogP contribution is 2.35. The molecule has 7 nitrogen and oxygen atoms in total. The Balaban J connectivity index is 1.59. The number of piperidine rings is 1. The highest BCUT2D eigenvalue weighted by atomic mass is 16.6. The minimum atomic E-state index is -0.519. The number of hydrogen-bond donors (Lipinski definition) is 1. The predicted molar refractivity (Wildman–Crippen MR) is 114 cm³/mol. The molecule has 1 aromatic carbocycles. The summed E-state index contributed by atoms with van der Waals surface area (Å²) in [5, 5.41) is 8.33. The molecular formula is C23H28N4O3. The average Bonchev–Trinajstić information content (AvgIpc) is 3.14. The standard InChI is InChI=1S/C23H28N4O3/c1-23(2,3)30-22(28)27-14-8-9-16(15-27)20(19-12-6-7-13-24-19)29-21-17-10-4-5-11-18(17)25-26-21/h4-7,10-13,16,20H,8-9,14-15H2,1-3H3,(H,25,26)/t16-,20?/m0/s1. The maximum Gasteiger partial charge on any atom is 0.410 e. The summed E-state index contributed by atoms with van der Waals surface area (Å²) in [5.74, 6) is 0.632. The zero-order valence-corrected chi connectivity index (χ0v) is 17.7. The number of benzene rings is 1. The third-order valence-electron chi connectivity index (χ3n) is 5.19. The number of likely N-dealkylation sites (tertiary alicyclic amines) is 1. The molecule has 2 aromatic heterocycles. The van der Waals surface area contributed by atoms with Crippen LogP contribution in [0.15, 0.2) is 48.7 Å². The predicted octanol–water partition coefficient (Wildman–Crippen LogP) is 4.73. The van der Waals surface area contributed by atoms with Crippen molar-refractivity contribution in [2.24, 2.45) is 5.92 Å². The average molecular weight is 409 g/mol. The lowest BCUT2D eigenvalue weighted by atomic mass is 9.90. The van der Waals surface area contributed by atoms with Crippen LogP contribution in [0.2, 0.25) is 0 Å². The van der Waals surface area contributed by atoms with Crippen LogP contribution in [0.25, 0.3) is 10.9 Å². The number of amides is 1. The van der Waals surface area contributed by atoms with E-state index in [-0.39, 0.29) is 18.1 Å². The van der Waals surface area contributed by atoms with Crippen molar-refractivity contribution in [2.45, 2.75) is 45.3 Å². The SMILES string of the molecule is CC(C)(C)OC(=O)N1CCC[C@H](C(Oc2n[nH]c3ccccc23)c2ccccn2)C1. The van der Waals surface area contributed by atoms with Crippen LogP contribution in [-0.4, -0.2) is 44.9 Å². The normalized spacial score (nSPS) is 18.2. The number of hydrogen-bond acceptors (Lipinski definition) is 5. The molecule has 1 amide bonds. The Morgan fingerprint density at radius 2 is 2.00 bits per heavy atom. The topological polar surface area (TPSA) is 80.3 Å². The number of nitrogens with zero attached hydrogens (tertiary/aromatic N) is 3. The summed E-state index contributed by atoms with van der Waals surface area (Å²) in [4.78, 5) is 19.0. The molecule has 1 aliphatic rings. The van der Waals surface area contributed by atoms with Gasteiger partial charge in [0.2, 0.25) is 5.88 Å². The van der Waals surface area contributed by atoms with Crippen molar-refractivity contribution in [3.05, 3.63) is 54.4 Å². The maximum atomic E-state index is 12.6. The first-order valence-corrected chi connectivity index (χ1v) is 10.4. The summed E-state index contributed by atoms with van der Waals surface area (Å²) in [7, 11) is 0. The molecule has 1 aliphatic heterocycles. The van der Waals surface area contributed by atoms with Crippen molar-refractivity contribution >= 4 is 17.0 Å². The van der Waals surface area contributed by atoms with E-state index in [1.165, 1.54) is 0 Å². The van der Waals surface area contributed by atoms with E-state index in [0.29, 0.717) is 19.0 Å². The molecule has 0 radical (unpaired) electrons. The molecule has 7 heteroatoms. The van der Waals surface area contributed by atoms with Gasteiger partial charge in [0, 0.05) is 25.2 Å². The van der Waals surface area contributed by atoms with Crippen LogP contribution in [0.5, 0.6) is 5.88 Å². The molecule has 2 atom stereocenters. The van der Waals surface area contributed by atoms with Crippen molar-refractivity contribution < 1.29 is 14.3 Å². The monoisotopic (exact) mass is 408 g/mol. The quantitative estimate of drug-likeness (QED) is 0.675. The molecule has 1 fully saturated rings. The van der Waals surface area contributed by atoms with Crippen molar-refractivity contribution in [3.8, 4) is 5.88 Å².